The number of benzene rings is 2. The Hall–Kier alpha value is -2.55. The van der Waals surface area contributed by atoms with Crippen molar-refractivity contribution in [3.8, 4) is 0 Å². The first-order valence-corrected chi connectivity index (χ1v) is 8.90. The van der Waals surface area contributed by atoms with Gasteiger partial charge in [0.2, 0.25) is 0 Å². The largest absolute Gasteiger partial charge is 0.371 e. The van der Waals surface area contributed by atoms with Crippen LogP contribution in [0.4, 0.5) is 5.69 Å². The van der Waals surface area contributed by atoms with Gasteiger partial charge in [-0.2, -0.15) is 0 Å². The lowest BCUT2D eigenvalue weighted by molar-refractivity contribution is 0.634. The number of hydrogen-bond acceptors (Lipinski definition) is 2. The zero-order valence-electron chi connectivity index (χ0n) is 13.8. The van der Waals surface area contributed by atoms with Gasteiger partial charge < -0.3 is 9.88 Å². The normalized spacial score (nSPS) is 16.8. The maximum Gasteiger partial charge on any atom is 0.131 e. The van der Waals surface area contributed by atoms with Crippen LogP contribution >= 0.6 is 0 Å². The number of nitrogens with zero attached hydrogens (tertiary/aromatic N) is 2. The SMILES string of the molecule is C(=Cc1nc2ccccc2[nH]1)c1cc2c3c(c1)CCCN3CCC2. The van der Waals surface area contributed by atoms with Crippen molar-refractivity contribution in [3.05, 3.63) is 58.9 Å². The highest BCUT2D eigenvalue weighted by atomic mass is 15.1. The van der Waals surface area contributed by atoms with Gasteiger partial charge in [0, 0.05) is 18.8 Å². The Labute approximate surface area is 142 Å². The van der Waals surface area contributed by atoms with Crippen molar-refractivity contribution < 1.29 is 0 Å². The van der Waals surface area contributed by atoms with Crippen molar-refractivity contribution in [2.75, 3.05) is 18.0 Å². The molecule has 120 valence electrons. The number of aromatic nitrogens is 2. The second-order valence-electron chi connectivity index (χ2n) is 6.85. The van der Waals surface area contributed by atoms with Crippen molar-refractivity contribution in [3.63, 3.8) is 0 Å². The predicted molar refractivity (Wildman–Crippen MR) is 100 cm³/mol. The van der Waals surface area contributed by atoms with Crippen LogP contribution in [-0.4, -0.2) is 23.1 Å². The van der Waals surface area contributed by atoms with Crippen LogP contribution in [0.15, 0.2) is 36.4 Å². The van der Waals surface area contributed by atoms with Crippen LogP contribution in [-0.2, 0) is 12.8 Å². The molecule has 3 heterocycles. The minimum atomic E-state index is 0.921. The van der Waals surface area contributed by atoms with Crippen LogP contribution in [0.3, 0.4) is 0 Å². The minimum Gasteiger partial charge on any atom is -0.371 e. The van der Waals surface area contributed by atoms with Crippen molar-refractivity contribution in [1.82, 2.24) is 9.97 Å². The van der Waals surface area contributed by atoms with E-state index in [1.165, 1.54) is 61.2 Å². The average Bonchev–Trinajstić information content (AvgIpc) is 3.03. The van der Waals surface area contributed by atoms with Crippen molar-refractivity contribution in [2.45, 2.75) is 25.7 Å². The van der Waals surface area contributed by atoms with Crippen molar-refractivity contribution >= 4 is 28.9 Å². The van der Waals surface area contributed by atoms with E-state index in [-0.39, 0.29) is 0 Å². The maximum absolute atomic E-state index is 4.63. The monoisotopic (exact) mass is 315 g/mol. The zero-order chi connectivity index (χ0) is 15.9. The molecule has 0 radical (unpaired) electrons. The zero-order valence-corrected chi connectivity index (χ0v) is 13.8. The summed E-state index contributed by atoms with van der Waals surface area (Å²) in [6, 6.07) is 12.9. The fourth-order valence-electron chi connectivity index (χ4n) is 4.15. The van der Waals surface area contributed by atoms with Gasteiger partial charge in [0.15, 0.2) is 0 Å². The second kappa shape index (κ2) is 5.52. The Balaban J connectivity index is 1.51. The molecule has 1 N–H and O–H groups in total. The van der Waals surface area contributed by atoms with Gasteiger partial charge in [-0.1, -0.05) is 18.2 Å². The van der Waals surface area contributed by atoms with E-state index in [0.717, 1.165) is 16.9 Å². The van der Waals surface area contributed by atoms with Crippen molar-refractivity contribution in [2.24, 2.45) is 0 Å². The molecule has 0 spiro atoms. The molecule has 3 nitrogen and oxygen atoms in total. The van der Waals surface area contributed by atoms with Crippen LogP contribution in [0.25, 0.3) is 23.2 Å². The number of rotatable bonds is 2. The molecule has 0 saturated carbocycles. The minimum absolute atomic E-state index is 0.921. The third kappa shape index (κ3) is 2.32. The lowest BCUT2D eigenvalue weighted by Crippen LogP contribution is -2.34. The molecule has 2 aliphatic rings. The summed E-state index contributed by atoms with van der Waals surface area (Å²) in [4.78, 5) is 10.6. The molecule has 2 aromatic carbocycles. The Kier molecular flexibility index (Phi) is 3.18. The molecule has 0 aliphatic carbocycles. The molecule has 3 aromatic rings. The standard InChI is InChI=1S/C21H21N3/c1-2-8-19-18(7-1)22-20(23-19)10-9-15-13-16-5-3-11-24-12-4-6-17(14-15)21(16)24/h1-2,7-10,13-14H,3-6,11-12H2,(H,22,23). The molecule has 0 atom stereocenters. The first-order chi connectivity index (χ1) is 11.9. The molecule has 2 aliphatic heterocycles. The summed E-state index contributed by atoms with van der Waals surface area (Å²) in [7, 11) is 0. The van der Waals surface area contributed by atoms with E-state index in [2.05, 4.69) is 45.2 Å². The third-order valence-corrected chi connectivity index (χ3v) is 5.20. The van der Waals surface area contributed by atoms with E-state index >= 15 is 0 Å². The summed E-state index contributed by atoms with van der Waals surface area (Å²) in [6.07, 6.45) is 9.28. The van der Waals surface area contributed by atoms with Crippen molar-refractivity contribution in [1.29, 1.82) is 0 Å². The number of H-pyrrole nitrogens is 1. The molecule has 0 fully saturated rings. The summed E-state index contributed by atoms with van der Waals surface area (Å²) in [5, 5.41) is 0. The van der Waals surface area contributed by atoms with Gasteiger partial charge >= 0.3 is 0 Å². The second-order valence-corrected chi connectivity index (χ2v) is 6.85. The third-order valence-electron chi connectivity index (χ3n) is 5.20. The summed E-state index contributed by atoms with van der Waals surface area (Å²) < 4.78 is 0. The van der Waals surface area contributed by atoms with Gasteiger partial charge in [0.05, 0.1) is 11.0 Å². The topological polar surface area (TPSA) is 31.9 Å². The summed E-state index contributed by atoms with van der Waals surface area (Å²) in [6.45, 7) is 2.46. The fourth-order valence-corrected chi connectivity index (χ4v) is 4.15. The first kappa shape index (κ1) is 13.8. The first-order valence-electron chi connectivity index (χ1n) is 8.90. The summed E-state index contributed by atoms with van der Waals surface area (Å²) in [5.41, 5.74) is 8.01. The number of imidazole rings is 1. The number of para-hydroxylation sites is 2. The van der Waals surface area contributed by atoms with Crippen LogP contribution in [0, 0.1) is 0 Å². The lowest BCUT2D eigenvalue weighted by Gasteiger charge is -2.37. The van der Waals surface area contributed by atoms with Crippen LogP contribution in [0.1, 0.15) is 35.4 Å². The van der Waals surface area contributed by atoms with Gasteiger partial charge in [0.1, 0.15) is 5.82 Å². The Morgan fingerprint density at radius 1 is 0.958 bits per heavy atom. The quantitative estimate of drug-likeness (QED) is 0.758. The predicted octanol–water partition coefficient (Wildman–Crippen LogP) is 4.43. The highest BCUT2D eigenvalue weighted by Gasteiger charge is 2.23. The van der Waals surface area contributed by atoms with E-state index < -0.39 is 0 Å². The highest BCUT2D eigenvalue weighted by Crippen LogP contribution is 2.36. The van der Waals surface area contributed by atoms with Gasteiger partial charge in [-0.25, -0.2) is 4.98 Å². The van der Waals surface area contributed by atoms with E-state index in [9.17, 15) is 0 Å². The fraction of sp³-hybridized carbons (Fsp3) is 0.286. The molecule has 0 saturated heterocycles. The van der Waals surface area contributed by atoms with Gasteiger partial charge in [0.25, 0.3) is 0 Å². The molecule has 1 aromatic heterocycles. The molecule has 5 rings (SSSR count). The van der Waals surface area contributed by atoms with E-state index in [1.54, 1.807) is 0 Å². The molecule has 0 amide bonds. The Bertz CT molecular complexity index is 871. The molecule has 24 heavy (non-hydrogen) atoms. The van der Waals surface area contributed by atoms with Crippen LogP contribution < -0.4 is 4.90 Å². The van der Waals surface area contributed by atoms with Crippen LogP contribution in [0.2, 0.25) is 0 Å². The number of fused-ring (bicyclic) bond motifs is 1. The number of aryl methyl sites for hydroxylation is 2. The van der Waals surface area contributed by atoms with Gasteiger partial charge in [-0.15, -0.1) is 0 Å². The summed E-state index contributed by atoms with van der Waals surface area (Å²) >= 11 is 0. The van der Waals surface area contributed by atoms with E-state index in [1.807, 2.05) is 18.2 Å². The number of hydrogen-bond donors (Lipinski definition) is 1. The molecule has 0 bridgehead atoms. The Morgan fingerprint density at radius 3 is 2.46 bits per heavy atom. The molecular weight excluding hydrogens is 294 g/mol. The van der Waals surface area contributed by atoms with Gasteiger partial charge in [-0.3, -0.25) is 0 Å². The number of anilines is 1. The molecule has 0 unspecified atom stereocenters. The summed E-state index contributed by atoms with van der Waals surface area (Å²) in [5.74, 6) is 0.921. The highest BCUT2D eigenvalue weighted by molar-refractivity contribution is 5.79. The van der Waals surface area contributed by atoms with Crippen LogP contribution in [0.5, 0.6) is 0 Å². The Morgan fingerprint density at radius 2 is 1.71 bits per heavy atom. The number of nitrogens with one attached hydrogen (secondary N) is 1. The number of aromatic amines is 1. The molecular formula is C21H21N3. The average molecular weight is 315 g/mol. The van der Waals surface area contributed by atoms with E-state index in [0.29, 0.717) is 0 Å². The molecule has 3 heteroatoms. The maximum atomic E-state index is 4.63. The van der Waals surface area contributed by atoms with Gasteiger partial charge in [-0.05, 0) is 72.7 Å². The smallest absolute Gasteiger partial charge is 0.131 e. The lowest BCUT2D eigenvalue weighted by atomic mass is 9.90. The van der Waals surface area contributed by atoms with E-state index in [4.69, 9.17) is 0 Å².